The van der Waals surface area contributed by atoms with E-state index in [0.717, 1.165) is 5.82 Å². The Morgan fingerprint density at radius 2 is 2.25 bits per heavy atom. The van der Waals surface area contributed by atoms with Gasteiger partial charge in [0.1, 0.15) is 11.6 Å². The van der Waals surface area contributed by atoms with E-state index in [-0.39, 0.29) is 24.2 Å². The Bertz CT molecular complexity index is 710. The van der Waals surface area contributed by atoms with Crippen molar-refractivity contribution in [2.45, 2.75) is 13.0 Å². The van der Waals surface area contributed by atoms with Gasteiger partial charge in [-0.1, -0.05) is 0 Å². The van der Waals surface area contributed by atoms with Gasteiger partial charge in [0, 0.05) is 27.1 Å². The first-order valence-electron chi connectivity index (χ1n) is 7.77. The Labute approximate surface area is 140 Å². The van der Waals surface area contributed by atoms with Crippen molar-refractivity contribution in [1.29, 1.82) is 0 Å². The maximum absolute atomic E-state index is 12.4. The molecule has 1 saturated heterocycles. The van der Waals surface area contributed by atoms with Gasteiger partial charge >= 0.3 is 0 Å². The highest BCUT2D eigenvalue weighted by Crippen LogP contribution is 2.22. The fourth-order valence-corrected chi connectivity index (χ4v) is 2.66. The van der Waals surface area contributed by atoms with E-state index in [1.54, 1.807) is 29.5 Å². The van der Waals surface area contributed by atoms with Crippen LogP contribution >= 0.6 is 0 Å². The van der Waals surface area contributed by atoms with Gasteiger partial charge in [-0.3, -0.25) is 9.59 Å². The number of hydrogen-bond acceptors (Lipinski definition) is 5. The Hall–Kier alpha value is -2.83. The minimum absolute atomic E-state index is 0.0346. The summed E-state index contributed by atoms with van der Waals surface area (Å²) < 4.78 is 5.26. The predicted octanol–water partition coefficient (Wildman–Crippen LogP) is 1.73. The largest absolute Gasteiger partial charge is 0.467 e. The van der Waals surface area contributed by atoms with E-state index >= 15 is 0 Å². The molecule has 3 rings (SSSR count). The molecule has 0 aliphatic carbocycles. The van der Waals surface area contributed by atoms with Crippen LogP contribution in [-0.2, 0) is 16.1 Å². The molecule has 1 fully saturated rings. The molecule has 0 bridgehead atoms. The molecule has 1 aliphatic rings. The van der Waals surface area contributed by atoms with Crippen molar-refractivity contribution in [2.75, 3.05) is 30.9 Å². The van der Waals surface area contributed by atoms with Crippen LogP contribution in [0.25, 0.3) is 0 Å². The molecule has 24 heavy (non-hydrogen) atoms. The van der Waals surface area contributed by atoms with E-state index in [2.05, 4.69) is 10.3 Å². The molecule has 1 aliphatic heterocycles. The number of rotatable bonds is 5. The average molecular weight is 328 g/mol. The molecule has 1 atom stereocenters. The SMILES string of the molecule is CN(C)c1ccc(NC(=O)C2CC(=O)N(Cc3ccco3)C2)cn1. The molecule has 0 aromatic carbocycles. The van der Waals surface area contributed by atoms with Gasteiger partial charge in [0.25, 0.3) is 0 Å². The Balaban J connectivity index is 1.58. The summed E-state index contributed by atoms with van der Waals surface area (Å²) in [4.78, 5) is 32.2. The Kier molecular flexibility index (Phi) is 4.50. The van der Waals surface area contributed by atoms with Crippen LogP contribution in [0.1, 0.15) is 12.2 Å². The number of pyridine rings is 1. The number of nitrogens with one attached hydrogen (secondary N) is 1. The van der Waals surface area contributed by atoms with E-state index < -0.39 is 0 Å². The van der Waals surface area contributed by atoms with Crippen LogP contribution in [0.15, 0.2) is 41.1 Å². The van der Waals surface area contributed by atoms with Crippen molar-refractivity contribution in [3.05, 3.63) is 42.5 Å². The van der Waals surface area contributed by atoms with Gasteiger partial charge in [-0.05, 0) is 24.3 Å². The van der Waals surface area contributed by atoms with Crippen LogP contribution in [0.2, 0.25) is 0 Å². The topological polar surface area (TPSA) is 78.7 Å². The molecule has 1 unspecified atom stereocenters. The second kappa shape index (κ2) is 6.74. The monoisotopic (exact) mass is 328 g/mol. The molecule has 0 spiro atoms. The number of amides is 2. The highest BCUT2D eigenvalue weighted by atomic mass is 16.3. The molecule has 0 radical (unpaired) electrons. The van der Waals surface area contributed by atoms with Crippen LogP contribution in [0.3, 0.4) is 0 Å². The summed E-state index contributed by atoms with van der Waals surface area (Å²) in [7, 11) is 3.80. The summed E-state index contributed by atoms with van der Waals surface area (Å²) in [6, 6.07) is 7.24. The highest BCUT2D eigenvalue weighted by molar-refractivity contribution is 5.97. The Morgan fingerprint density at radius 1 is 1.42 bits per heavy atom. The molecule has 2 aromatic heterocycles. The highest BCUT2D eigenvalue weighted by Gasteiger charge is 2.34. The fourth-order valence-electron chi connectivity index (χ4n) is 2.66. The Morgan fingerprint density at radius 3 is 2.88 bits per heavy atom. The minimum Gasteiger partial charge on any atom is -0.467 e. The quantitative estimate of drug-likeness (QED) is 0.904. The minimum atomic E-state index is -0.360. The number of likely N-dealkylation sites (tertiary alicyclic amines) is 1. The van der Waals surface area contributed by atoms with E-state index in [1.165, 1.54) is 0 Å². The number of hydrogen-bond donors (Lipinski definition) is 1. The molecular weight excluding hydrogens is 308 g/mol. The van der Waals surface area contributed by atoms with Crippen molar-refractivity contribution in [2.24, 2.45) is 5.92 Å². The van der Waals surface area contributed by atoms with Gasteiger partial charge in [-0.15, -0.1) is 0 Å². The van der Waals surface area contributed by atoms with Crippen molar-refractivity contribution >= 4 is 23.3 Å². The van der Waals surface area contributed by atoms with Crippen molar-refractivity contribution < 1.29 is 14.0 Å². The van der Waals surface area contributed by atoms with Crippen molar-refractivity contribution in [3.8, 4) is 0 Å². The van der Waals surface area contributed by atoms with Crippen LogP contribution < -0.4 is 10.2 Å². The third-order valence-corrected chi connectivity index (χ3v) is 3.99. The second-order valence-electron chi connectivity index (χ2n) is 6.04. The summed E-state index contributed by atoms with van der Waals surface area (Å²) in [5.74, 6) is 0.972. The van der Waals surface area contributed by atoms with E-state index in [4.69, 9.17) is 4.42 Å². The van der Waals surface area contributed by atoms with Gasteiger partial charge in [-0.25, -0.2) is 4.98 Å². The molecule has 0 saturated carbocycles. The maximum Gasteiger partial charge on any atom is 0.229 e. The first kappa shape index (κ1) is 16.0. The smallest absolute Gasteiger partial charge is 0.229 e. The average Bonchev–Trinajstić information content (AvgIpc) is 3.19. The first-order chi connectivity index (χ1) is 11.5. The zero-order chi connectivity index (χ0) is 17.1. The van der Waals surface area contributed by atoms with Crippen LogP contribution in [-0.4, -0.2) is 42.3 Å². The van der Waals surface area contributed by atoms with E-state index in [0.29, 0.717) is 24.5 Å². The normalized spacial score (nSPS) is 17.2. The zero-order valence-corrected chi connectivity index (χ0v) is 13.7. The number of nitrogens with zero attached hydrogens (tertiary/aromatic N) is 3. The zero-order valence-electron chi connectivity index (χ0n) is 13.7. The van der Waals surface area contributed by atoms with Crippen LogP contribution in [0, 0.1) is 5.92 Å². The number of anilines is 2. The number of furan rings is 1. The lowest BCUT2D eigenvalue weighted by molar-refractivity contribution is -0.128. The molecule has 7 nitrogen and oxygen atoms in total. The number of carbonyl (C=O) groups excluding carboxylic acids is 2. The number of aromatic nitrogens is 1. The maximum atomic E-state index is 12.4. The summed E-state index contributed by atoms with van der Waals surface area (Å²) in [6.07, 6.45) is 3.41. The van der Waals surface area contributed by atoms with E-state index in [1.807, 2.05) is 31.1 Å². The summed E-state index contributed by atoms with van der Waals surface area (Å²) in [5, 5.41) is 2.83. The van der Waals surface area contributed by atoms with Gasteiger partial charge in [0.15, 0.2) is 0 Å². The second-order valence-corrected chi connectivity index (χ2v) is 6.04. The van der Waals surface area contributed by atoms with Gasteiger partial charge in [0.2, 0.25) is 11.8 Å². The van der Waals surface area contributed by atoms with Crippen molar-refractivity contribution in [3.63, 3.8) is 0 Å². The van der Waals surface area contributed by atoms with Gasteiger partial charge in [-0.2, -0.15) is 0 Å². The third kappa shape index (κ3) is 3.56. The molecule has 3 heterocycles. The molecule has 126 valence electrons. The number of carbonyl (C=O) groups is 2. The lowest BCUT2D eigenvalue weighted by Gasteiger charge is -2.15. The fraction of sp³-hybridized carbons (Fsp3) is 0.353. The third-order valence-electron chi connectivity index (χ3n) is 3.99. The van der Waals surface area contributed by atoms with E-state index in [9.17, 15) is 9.59 Å². The molecule has 7 heteroatoms. The summed E-state index contributed by atoms with van der Waals surface area (Å²) in [6.45, 7) is 0.795. The molecular formula is C17H20N4O3. The van der Waals surface area contributed by atoms with Gasteiger partial charge < -0.3 is 19.5 Å². The first-order valence-corrected chi connectivity index (χ1v) is 7.77. The van der Waals surface area contributed by atoms with Crippen LogP contribution in [0.4, 0.5) is 11.5 Å². The van der Waals surface area contributed by atoms with Gasteiger partial charge in [0.05, 0.1) is 30.6 Å². The lowest BCUT2D eigenvalue weighted by Crippen LogP contribution is -2.28. The summed E-state index contributed by atoms with van der Waals surface area (Å²) in [5.41, 5.74) is 0.627. The standard InChI is InChI=1S/C17H20N4O3/c1-20(2)15-6-5-13(9-18-15)19-17(23)12-8-16(22)21(10-12)11-14-4-3-7-24-14/h3-7,9,12H,8,10-11H2,1-2H3,(H,19,23). The molecule has 2 amide bonds. The summed E-state index contributed by atoms with van der Waals surface area (Å²) >= 11 is 0. The predicted molar refractivity (Wildman–Crippen MR) is 89.4 cm³/mol. The lowest BCUT2D eigenvalue weighted by atomic mass is 10.1. The van der Waals surface area contributed by atoms with Crippen LogP contribution in [0.5, 0.6) is 0 Å². The van der Waals surface area contributed by atoms with Crippen molar-refractivity contribution in [1.82, 2.24) is 9.88 Å². The molecule has 2 aromatic rings. The molecule has 1 N–H and O–H groups in total.